The molecule has 0 saturated carbocycles. The Morgan fingerprint density at radius 3 is 2.35 bits per heavy atom. The molecule has 6 heteroatoms. The van der Waals surface area contributed by atoms with E-state index in [1.165, 1.54) is 0 Å². The smallest absolute Gasteiger partial charge is 0.256 e. The van der Waals surface area contributed by atoms with Crippen LogP contribution in [-0.4, -0.2) is 10.9 Å². The van der Waals surface area contributed by atoms with E-state index in [2.05, 4.69) is 11.4 Å². The molecule has 1 N–H and O–H groups in total. The number of hydrogen-bond acceptors (Lipinski definition) is 2. The van der Waals surface area contributed by atoms with Crippen LogP contribution in [0.1, 0.15) is 27.0 Å². The first kappa shape index (κ1) is 21.6. The number of fused-ring (bicyclic) bond motifs is 1. The van der Waals surface area contributed by atoms with Gasteiger partial charge in [-0.1, -0.05) is 58.6 Å². The second-order valence-corrected chi connectivity index (χ2v) is 8.81. The van der Waals surface area contributed by atoms with Crippen molar-refractivity contribution >= 4 is 57.3 Å². The van der Waals surface area contributed by atoms with Gasteiger partial charge in [-0.15, -0.1) is 0 Å². The number of carbonyl (C=O) groups is 1. The van der Waals surface area contributed by atoms with E-state index >= 15 is 0 Å². The molecule has 31 heavy (non-hydrogen) atoms. The molecule has 3 nitrogen and oxygen atoms in total. The number of nitrogens with one attached hydrogen (secondary N) is 1. The van der Waals surface area contributed by atoms with Crippen LogP contribution >= 0.6 is 34.8 Å². The standard InChI is InChI=1S/C25H19Cl3N2O/c1-13-9-14(2)23-19(10-13)22(25(31)29-21-8-7-18(27)12-20(21)28)15(3)24(30-23)16-5-4-6-17(26)11-16/h4-12H,1-3H3,(H,29,31). The molecule has 3 aromatic carbocycles. The molecule has 4 rings (SSSR count). The Morgan fingerprint density at radius 2 is 1.65 bits per heavy atom. The van der Waals surface area contributed by atoms with E-state index in [1.54, 1.807) is 18.2 Å². The molecule has 0 aliphatic rings. The van der Waals surface area contributed by atoms with Gasteiger partial charge in [0.25, 0.3) is 5.91 Å². The number of rotatable bonds is 3. The number of carbonyl (C=O) groups excluding carboxylic acids is 1. The van der Waals surface area contributed by atoms with Gasteiger partial charge in [-0.2, -0.15) is 0 Å². The second kappa shape index (κ2) is 8.51. The Morgan fingerprint density at radius 1 is 0.903 bits per heavy atom. The summed E-state index contributed by atoms with van der Waals surface area (Å²) in [5.74, 6) is -0.262. The molecule has 156 valence electrons. The highest BCUT2D eigenvalue weighted by Gasteiger charge is 2.21. The number of nitrogens with zero attached hydrogens (tertiary/aromatic N) is 1. The van der Waals surface area contributed by atoms with Gasteiger partial charge in [0.05, 0.1) is 27.5 Å². The number of amides is 1. The van der Waals surface area contributed by atoms with Crippen molar-refractivity contribution in [3.05, 3.63) is 91.9 Å². The lowest BCUT2D eigenvalue weighted by atomic mass is 9.94. The third-order valence-electron chi connectivity index (χ3n) is 5.17. The summed E-state index contributed by atoms with van der Waals surface area (Å²) in [7, 11) is 0. The number of pyridine rings is 1. The Bertz CT molecular complexity index is 1350. The summed E-state index contributed by atoms with van der Waals surface area (Å²) in [4.78, 5) is 18.4. The van der Waals surface area contributed by atoms with Gasteiger partial charge in [-0.3, -0.25) is 4.79 Å². The van der Waals surface area contributed by atoms with E-state index in [0.29, 0.717) is 32.0 Å². The lowest BCUT2D eigenvalue weighted by Crippen LogP contribution is -2.16. The zero-order valence-electron chi connectivity index (χ0n) is 17.2. The van der Waals surface area contributed by atoms with Gasteiger partial charge in [0.2, 0.25) is 0 Å². The molecule has 0 bridgehead atoms. The van der Waals surface area contributed by atoms with Crippen molar-refractivity contribution in [2.24, 2.45) is 0 Å². The maximum absolute atomic E-state index is 13.5. The second-order valence-electron chi connectivity index (χ2n) is 7.53. The molecule has 0 saturated heterocycles. The third-order valence-corrected chi connectivity index (χ3v) is 5.96. The van der Waals surface area contributed by atoms with E-state index in [0.717, 1.165) is 33.2 Å². The van der Waals surface area contributed by atoms with Crippen molar-refractivity contribution in [1.29, 1.82) is 0 Å². The van der Waals surface area contributed by atoms with Crippen LogP contribution < -0.4 is 5.32 Å². The average Bonchev–Trinajstić information content (AvgIpc) is 2.69. The van der Waals surface area contributed by atoms with Crippen molar-refractivity contribution in [1.82, 2.24) is 4.98 Å². The summed E-state index contributed by atoms with van der Waals surface area (Å²) in [5.41, 5.74) is 6.21. The Kier molecular flexibility index (Phi) is 5.94. The zero-order valence-corrected chi connectivity index (χ0v) is 19.5. The third kappa shape index (κ3) is 4.27. The Labute approximate surface area is 196 Å². The molecule has 0 aliphatic carbocycles. The van der Waals surface area contributed by atoms with E-state index < -0.39 is 0 Å². The zero-order chi connectivity index (χ0) is 22.3. The number of aryl methyl sites for hydroxylation is 2. The van der Waals surface area contributed by atoms with Crippen molar-refractivity contribution < 1.29 is 4.79 Å². The molecular weight excluding hydrogens is 451 g/mol. The van der Waals surface area contributed by atoms with E-state index in [-0.39, 0.29) is 5.91 Å². The molecule has 0 aliphatic heterocycles. The molecule has 0 atom stereocenters. The van der Waals surface area contributed by atoms with Crippen LogP contribution in [0.25, 0.3) is 22.2 Å². The summed E-state index contributed by atoms with van der Waals surface area (Å²) in [6.07, 6.45) is 0. The first-order valence-corrected chi connectivity index (χ1v) is 10.8. The van der Waals surface area contributed by atoms with Crippen LogP contribution in [0.15, 0.2) is 54.6 Å². The fourth-order valence-corrected chi connectivity index (χ4v) is 4.45. The van der Waals surface area contributed by atoms with Gasteiger partial charge in [0.1, 0.15) is 0 Å². The minimum atomic E-state index is -0.262. The van der Waals surface area contributed by atoms with Crippen LogP contribution in [0.4, 0.5) is 5.69 Å². The lowest BCUT2D eigenvalue weighted by molar-refractivity contribution is 0.102. The van der Waals surface area contributed by atoms with Crippen molar-refractivity contribution in [2.45, 2.75) is 20.8 Å². The van der Waals surface area contributed by atoms with Crippen molar-refractivity contribution in [3.63, 3.8) is 0 Å². The fraction of sp³-hybridized carbons (Fsp3) is 0.120. The van der Waals surface area contributed by atoms with Crippen LogP contribution in [0.3, 0.4) is 0 Å². The first-order valence-electron chi connectivity index (χ1n) is 9.68. The van der Waals surface area contributed by atoms with E-state index in [4.69, 9.17) is 39.8 Å². The van der Waals surface area contributed by atoms with Gasteiger partial charge >= 0.3 is 0 Å². The van der Waals surface area contributed by atoms with E-state index in [1.807, 2.05) is 51.1 Å². The number of benzene rings is 3. The van der Waals surface area contributed by atoms with Crippen molar-refractivity contribution in [2.75, 3.05) is 5.32 Å². The monoisotopic (exact) mass is 468 g/mol. The highest BCUT2D eigenvalue weighted by molar-refractivity contribution is 6.37. The molecule has 0 spiro atoms. The molecule has 1 heterocycles. The normalized spacial score (nSPS) is 11.0. The fourth-order valence-electron chi connectivity index (χ4n) is 3.80. The lowest BCUT2D eigenvalue weighted by Gasteiger charge is -2.17. The quantitative estimate of drug-likeness (QED) is 0.330. The SMILES string of the molecule is Cc1cc(C)c2nc(-c3cccc(Cl)c3)c(C)c(C(=O)Nc3ccc(Cl)cc3Cl)c2c1. The van der Waals surface area contributed by atoms with Gasteiger partial charge in [0, 0.05) is 21.0 Å². The number of anilines is 1. The number of hydrogen-bond donors (Lipinski definition) is 1. The van der Waals surface area contributed by atoms with Gasteiger partial charge in [0.15, 0.2) is 0 Å². The maximum Gasteiger partial charge on any atom is 0.256 e. The summed E-state index contributed by atoms with van der Waals surface area (Å²) in [6, 6.07) is 16.5. The molecule has 1 aromatic heterocycles. The minimum Gasteiger partial charge on any atom is -0.321 e. The number of halogens is 3. The highest BCUT2D eigenvalue weighted by atomic mass is 35.5. The molecule has 4 aromatic rings. The van der Waals surface area contributed by atoms with Crippen molar-refractivity contribution in [3.8, 4) is 11.3 Å². The Balaban J connectivity index is 1.95. The molecule has 0 fully saturated rings. The van der Waals surface area contributed by atoms with Gasteiger partial charge < -0.3 is 5.32 Å². The maximum atomic E-state index is 13.5. The van der Waals surface area contributed by atoms with Gasteiger partial charge in [-0.05, 0) is 68.3 Å². The summed E-state index contributed by atoms with van der Waals surface area (Å²) in [5, 5.41) is 5.21. The molecule has 0 unspecified atom stereocenters. The average molecular weight is 470 g/mol. The minimum absolute atomic E-state index is 0.262. The predicted octanol–water partition coefficient (Wildman–Crippen LogP) is 8.04. The van der Waals surface area contributed by atoms with Crippen LogP contribution in [0.2, 0.25) is 15.1 Å². The largest absolute Gasteiger partial charge is 0.321 e. The van der Waals surface area contributed by atoms with Crippen LogP contribution in [-0.2, 0) is 0 Å². The number of aromatic nitrogens is 1. The van der Waals surface area contributed by atoms with Crippen LogP contribution in [0.5, 0.6) is 0 Å². The topological polar surface area (TPSA) is 42.0 Å². The molecule has 0 radical (unpaired) electrons. The van der Waals surface area contributed by atoms with Crippen LogP contribution in [0, 0.1) is 20.8 Å². The summed E-state index contributed by atoms with van der Waals surface area (Å²) >= 11 is 18.5. The first-order chi connectivity index (χ1) is 14.7. The predicted molar refractivity (Wildman–Crippen MR) is 131 cm³/mol. The highest BCUT2D eigenvalue weighted by Crippen LogP contribution is 2.34. The van der Waals surface area contributed by atoms with E-state index in [9.17, 15) is 4.79 Å². The van der Waals surface area contributed by atoms with Gasteiger partial charge in [-0.25, -0.2) is 4.98 Å². The Hall–Kier alpha value is -2.59. The molecule has 1 amide bonds. The summed E-state index contributed by atoms with van der Waals surface area (Å²) in [6.45, 7) is 5.90. The summed E-state index contributed by atoms with van der Waals surface area (Å²) < 4.78 is 0. The molecular formula is C25H19Cl3N2O.